The number of hydrogen-bond donors (Lipinski definition) is 2. The van der Waals surface area contributed by atoms with E-state index in [2.05, 4.69) is 6.92 Å². The molecule has 3 nitrogen and oxygen atoms in total. The van der Waals surface area contributed by atoms with Crippen molar-refractivity contribution in [2.75, 3.05) is 7.11 Å². The summed E-state index contributed by atoms with van der Waals surface area (Å²) in [7, 11) is 1.57. The molecule has 1 aliphatic rings. The minimum atomic E-state index is -0.698. The first-order chi connectivity index (χ1) is 5.15. The van der Waals surface area contributed by atoms with Gasteiger partial charge in [-0.25, -0.2) is 0 Å². The van der Waals surface area contributed by atoms with E-state index in [1.807, 2.05) is 0 Å². The molecule has 1 rings (SSSR count). The van der Waals surface area contributed by atoms with Crippen LogP contribution in [0.2, 0.25) is 0 Å². The van der Waals surface area contributed by atoms with Gasteiger partial charge in [0.25, 0.3) is 0 Å². The van der Waals surface area contributed by atoms with Gasteiger partial charge < -0.3 is 14.9 Å². The molecule has 1 aliphatic carbocycles. The second-order valence-corrected chi connectivity index (χ2v) is 3.41. The van der Waals surface area contributed by atoms with Crippen molar-refractivity contribution >= 4 is 0 Å². The van der Waals surface area contributed by atoms with Crippen LogP contribution in [0.4, 0.5) is 0 Å². The molecule has 0 bridgehead atoms. The van der Waals surface area contributed by atoms with Gasteiger partial charge in [-0.3, -0.25) is 0 Å². The van der Waals surface area contributed by atoms with Crippen LogP contribution < -0.4 is 0 Å². The van der Waals surface area contributed by atoms with E-state index in [9.17, 15) is 10.2 Å². The van der Waals surface area contributed by atoms with E-state index < -0.39 is 12.2 Å². The van der Waals surface area contributed by atoms with Crippen molar-refractivity contribution in [1.82, 2.24) is 0 Å². The van der Waals surface area contributed by atoms with E-state index in [-0.39, 0.29) is 6.10 Å². The van der Waals surface area contributed by atoms with Gasteiger partial charge in [0, 0.05) is 7.11 Å². The van der Waals surface area contributed by atoms with Crippen LogP contribution in [0.5, 0.6) is 0 Å². The minimum Gasteiger partial charge on any atom is -0.390 e. The number of aliphatic hydroxyl groups is 2. The minimum absolute atomic E-state index is 0.186. The van der Waals surface area contributed by atoms with Crippen molar-refractivity contribution in [3.8, 4) is 0 Å². The molecule has 1 unspecified atom stereocenters. The summed E-state index contributed by atoms with van der Waals surface area (Å²) in [5.74, 6) is 0.443. The summed E-state index contributed by atoms with van der Waals surface area (Å²) < 4.78 is 5.03. The third-order valence-corrected chi connectivity index (χ3v) is 2.36. The highest BCUT2D eigenvalue weighted by Crippen LogP contribution is 2.26. The third kappa shape index (κ3) is 1.92. The van der Waals surface area contributed by atoms with Crippen LogP contribution in [0.3, 0.4) is 0 Å². The molecule has 66 valence electrons. The van der Waals surface area contributed by atoms with Crippen LogP contribution in [0.25, 0.3) is 0 Å². The van der Waals surface area contributed by atoms with E-state index in [4.69, 9.17) is 4.74 Å². The molecule has 0 radical (unpaired) electrons. The molecule has 2 N–H and O–H groups in total. The zero-order chi connectivity index (χ0) is 8.43. The molecule has 3 heteroatoms. The van der Waals surface area contributed by atoms with Crippen LogP contribution in [0.1, 0.15) is 19.8 Å². The monoisotopic (exact) mass is 160 g/mol. The van der Waals surface area contributed by atoms with Crippen LogP contribution in [-0.4, -0.2) is 35.6 Å². The average molecular weight is 160 g/mol. The highest BCUT2D eigenvalue weighted by Gasteiger charge is 2.33. The maximum Gasteiger partial charge on any atom is 0.106 e. The molecule has 0 aromatic heterocycles. The summed E-state index contributed by atoms with van der Waals surface area (Å²) >= 11 is 0. The zero-order valence-electron chi connectivity index (χ0n) is 7.03. The van der Waals surface area contributed by atoms with Crippen molar-refractivity contribution < 1.29 is 14.9 Å². The number of aliphatic hydroxyl groups excluding tert-OH is 2. The fourth-order valence-corrected chi connectivity index (χ4v) is 1.67. The molecule has 0 aromatic rings. The number of rotatable bonds is 1. The van der Waals surface area contributed by atoms with Crippen LogP contribution in [0.15, 0.2) is 0 Å². The average Bonchev–Trinajstić information content (AvgIpc) is 1.96. The smallest absolute Gasteiger partial charge is 0.106 e. The molecular weight excluding hydrogens is 144 g/mol. The highest BCUT2D eigenvalue weighted by molar-refractivity contribution is 4.84. The Morgan fingerprint density at radius 3 is 2.45 bits per heavy atom. The quantitative estimate of drug-likeness (QED) is 0.574. The van der Waals surface area contributed by atoms with Crippen molar-refractivity contribution in [1.29, 1.82) is 0 Å². The van der Waals surface area contributed by atoms with Gasteiger partial charge in [0.15, 0.2) is 0 Å². The Morgan fingerprint density at radius 1 is 1.27 bits per heavy atom. The molecule has 0 aromatic carbocycles. The summed E-state index contributed by atoms with van der Waals surface area (Å²) in [6.07, 6.45) is 0.0316. The Labute approximate surface area is 67.0 Å². The Hall–Kier alpha value is -0.120. The molecule has 1 saturated carbocycles. The summed E-state index contributed by atoms with van der Waals surface area (Å²) in [6.45, 7) is 2.06. The molecule has 0 heterocycles. The fraction of sp³-hybridized carbons (Fsp3) is 1.00. The lowest BCUT2D eigenvalue weighted by molar-refractivity contribution is -0.111. The van der Waals surface area contributed by atoms with E-state index in [1.54, 1.807) is 7.11 Å². The van der Waals surface area contributed by atoms with Gasteiger partial charge in [-0.1, -0.05) is 6.92 Å². The standard InChI is InChI=1S/C8H16O3/c1-5-3-6(9)8(10)7(4-5)11-2/h5-10H,3-4H2,1-2H3/t5?,6-,7+,8-/m0/s1. The predicted molar refractivity (Wildman–Crippen MR) is 41.2 cm³/mol. The lowest BCUT2D eigenvalue weighted by Crippen LogP contribution is -2.44. The van der Waals surface area contributed by atoms with Gasteiger partial charge in [-0.05, 0) is 18.8 Å². The van der Waals surface area contributed by atoms with E-state index in [0.29, 0.717) is 12.3 Å². The van der Waals surface area contributed by atoms with Gasteiger partial charge in [0.1, 0.15) is 6.10 Å². The van der Waals surface area contributed by atoms with E-state index in [0.717, 1.165) is 6.42 Å². The molecular formula is C8H16O3. The summed E-state index contributed by atoms with van der Waals surface area (Å²) in [4.78, 5) is 0. The molecule has 0 amide bonds. The number of hydrogen-bond acceptors (Lipinski definition) is 3. The zero-order valence-corrected chi connectivity index (χ0v) is 7.03. The molecule has 0 spiro atoms. The van der Waals surface area contributed by atoms with E-state index >= 15 is 0 Å². The Kier molecular flexibility index (Phi) is 2.87. The van der Waals surface area contributed by atoms with Crippen molar-refractivity contribution in [3.05, 3.63) is 0 Å². The summed E-state index contributed by atoms with van der Waals surface area (Å²) in [6, 6.07) is 0. The Bertz CT molecular complexity index is 127. The Balaban J connectivity index is 2.51. The Morgan fingerprint density at radius 2 is 1.91 bits per heavy atom. The molecule has 0 saturated heterocycles. The lowest BCUT2D eigenvalue weighted by atomic mass is 9.84. The highest BCUT2D eigenvalue weighted by atomic mass is 16.5. The van der Waals surface area contributed by atoms with Crippen LogP contribution in [0, 0.1) is 5.92 Å². The summed E-state index contributed by atoms with van der Waals surface area (Å²) in [5.41, 5.74) is 0. The number of ether oxygens (including phenoxy) is 1. The van der Waals surface area contributed by atoms with Crippen LogP contribution in [-0.2, 0) is 4.74 Å². The normalized spacial score (nSPS) is 45.8. The molecule has 1 fully saturated rings. The topological polar surface area (TPSA) is 49.7 Å². The van der Waals surface area contributed by atoms with E-state index in [1.165, 1.54) is 0 Å². The molecule has 11 heavy (non-hydrogen) atoms. The van der Waals surface area contributed by atoms with Crippen LogP contribution >= 0.6 is 0 Å². The van der Waals surface area contributed by atoms with Gasteiger partial charge in [-0.15, -0.1) is 0 Å². The van der Waals surface area contributed by atoms with Gasteiger partial charge >= 0.3 is 0 Å². The first-order valence-corrected chi connectivity index (χ1v) is 4.04. The van der Waals surface area contributed by atoms with Crippen molar-refractivity contribution in [3.63, 3.8) is 0 Å². The van der Waals surface area contributed by atoms with Gasteiger partial charge in [0.2, 0.25) is 0 Å². The lowest BCUT2D eigenvalue weighted by Gasteiger charge is -2.34. The fourth-order valence-electron chi connectivity index (χ4n) is 1.67. The third-order valence-electron chi connectivity index (χ3n) is 2.36. The van der Waals surface area contributed by atoms with Crippen molar-refractivity contribution in [2.45, 2.75) is 38.1 Å². The first-order valence-electron chi connectivity index (χ1n) is 4.04. The number of methoxy groups -OCH3 is 1. The maximum atomic E-state index is 9.38. The predicted octanol–water partition coefficient (Wildman–Crippen LogP) is 0.153. The molecule has 0 aliphatic heterocycles. The van der Waals surface area contributed by atoms with Gasteiger partial charge in [-0.2, -0.15) is 0 Å². The first kappa shape index (κ1) is 8.97. The molecule has 4 atom stereocenters. The largest absolute Gasteiger partial charge is 0.390 e. The van der Waals surface area contributed by atoms with Crippen molar-refractivity contribution in [2.24, 2.45) is 5.92 Å². The maximum absolute atomic E-state index is 9.38. The second kappa shape index (κ2) is 3.52. The SMILES string of the molecule is CO[C@@H]1CC(C)C[C@H](O)[C@@H]1O. The summed E-state index contributed by atoms with van der Waals surface area (Å²) in [5, 5.41) is 18.7. The second-order valence-electron chi connectivity index (χ2n) is 3.41. The van der Waals surface area contributed by atoms with Gasteiger partial charge in [0.05, 0.1) is 12.2 Å².